The van der Waals surface area contributed by atoms with Gasteiger partial charge in [-0.15, -0.1) is 0 Å². The Morgan fingerprint density at radius 3 is 2.60 bits per heavy atom. The first kappa shape index (κ1) is 13.4. The molecule has 2 fully saturated rings. The summed E-state index contributed by atoms with van der Waals surface area (Å²) < 4.78 is 0. The van der Waals surface area contributed by atoms with E-state index in [4.69, 9.17) is 5.73 Å². The molecule has 20 heavy (non-hydrogen) atoms. The van der Waals surface area contributed by atoms with Crippen molar-refractivity contribution < 1.29 is 4.79 Å². The molecule has 1 amide bonds. The van der Waals surface area contributed by atoms with Gasteiger partial charge >= 0.3 is 0 Å². The number of aromatic nitrogens is 1. The summed E-state index contributed by atoms with van der Waals surface area (Å²) in [5.74, 6) is 0.491. The maximum atomic E-state index is 12.5. The van der Waals surface area contributed by atoms with E-state index >= 15 is 0 Å². The number of nitrogen functional groups attached to an aromatic ring is 1. The lowest BCUT2D eigenvalue weighted by molar-refractivity contribution is 0.0495. The van der Waals surface area contributed by atoms with Crippen LogP contribution in [0.15, 0.2) is 18.3 Å². The van der Waals surface area contributed by atoms with Crippen molar-refractivity contribution in [3.63, 3.8) is 0 Å². The van der Waals surface area contributed by atoms with Crippen LogP contribution < -0.4 is 11.1 Å². The molecule has 108 valence electrons. The van der Waals surface area contributed by atoms with Crippen LogP contribution in [0.3, 0.4) is 0 Å². The summed E-state index contributed by atoms with van der Waals surface area (Å²) in [6, 6.07) is 3.41. The zero-order valence-corrected chi connectivity index (χ0v) is 11.8. The van der Waals surface area contributed by atoms with E-state index in [2.05, 4.69) is 10.3 Å². The molecule has 0 aliphatic carbocycles. The smallest absolute Gasteiger partial charge is 0.254 e. The highest BCUT2D eigenvalue weighted by molar-refractivity contribution is 5.94. The largest absolute Gasteiger partial charge is 0.384 e. The molecule has 0 bridgehead atoms. The van der Waals surface area contributed by atoms with Gasteiger partial charge in [-0.05, 0) is 56.3 Å². The topological polar surface area (TPSA) is 71.2 Å². The lowest BCUT2D eigenvalue weighted by Gasteiger charge is -2.44. The number of pyridine rings is 1. The third kappa shape index (κ3) is 2.63. The minimum atomic E-state index is 0.0860. The number of nitrogens with zero attached hydrogens (tertiary/aromatic N) is 2. The van der Waals surface area contributed by atoms with E-state index in [1.807, 2.05) is 4.90 Å². The van der Waals surface area contributed by atoms with Crippen molar-refractivity contribution >= 4 is 11.7 Å². The van der Waals surface area contributed by atoms with Gasteiger partial charge in [-0.1, -0.05) is 0 Å². The number of piperidine rings is 2. The van der Waals surface area contributed by atoms with Gasteiger partial charge in [-0.3, -0.25) is 4.79 Å². The molecule has 0 atom stereocenters. The number of hydrogen-bond acceptors (Lipinski definition) is 4. The molecule has 0 aromatic carbocycles. The fourth-order valence-electron chi connectivity index (χ4n) is 3.41. The summed E-state index contributed by atoms with van der Waals surface area (Å²) in [7, 11) is 0. The molecule has 1 aromatic rings. The fraction of sp³-hybridized carbons (Fsp3) is 0.600. The second-order valence-electron chi connectivity index (χ2n) is 6.01. The number of nitrogens with one attached hydrogen (secondary N) is 1. The molecule has 5 heteroatoms. The minimum Gasteiger partial charge on any atom is -0.384 e. The van der Waals surface area contributed by atoms with Crippen molar-refractivity contribution in [2.45, 2.75) is 25.7 Å². The van der Waals surface area contributed by atoms with Gasteiger partial charge in [0.05, 0.1) is 0 Å². The minimum absolute atomic E-state index is 0.0860. The Morgan fingerprint density at radius 1 is 1.25 bits per heavy atom. The molecule has 1 aromatic heterocycles. The number of nitrogens with two attached hydrogens (primary N) is 1. The summed E-state index contributed by atoms with van der Waals surface area (Å²) in [6.07, 6.45) is 6.34. The van der Waals surface area contributed by atoms with E-state index in [9.17, 15) is 4.79 Å². The SMILES string of the molecule is Nc1cc(C(=O)N2CCC3(CCNCC3)CC2)ccn1. The normalized spacial score (nSPS) is 21.9. The summed E-state index contributed by atoms with van der Waals surface area (Å²) in [4.78, 5) is 18.3. The molecule has 2 saturated heterocycles. The first-order chi connectivity index (χ1) is 9.69. The lowest BCUT2D eigenvalue weighted by atomic mass is 9.71. The van der Waals surface area contributed by atoms with Crippen LogP contribution in [-0.4, -0.2) is 42.0 Å². The van der Waals surface area contributed by atoms with Crippen molar-refractivity contribution in [2.75, 3.05) is 31.9 Å². The third-order valence-corrected chi connectivity index (χ3v) is 4.80. The highest BCUT2D eigenvalue weighted by atomic mass is 16.2. The number of rotatable bonds is 1. The Labute approximate surface area is 119 Å². The molecule has 0 saturated carbocycles. The van der Waals surface area contributed by atoms with Crippen LogP contribution >= 0.6 is 0 Å². The van der Waals surface area contributed by atoms with E-state index in [1.54, 1.807) is 18.3 Å². The monoisotopic (exact) mass is 274 g/mol. The van der Waals surface area contributed by atoms with Crippen LogP contribution in [-0.2, 0) is 0 Å². The average molecular weight is 274 g/mol. The Balaban J connectivity index is 1.64. The third-order valence-electron chi connectivity index (χ3n) is 4.80. The van der Waals surface area contributed by atoms with E-state index < -0.39 is 0 Å². The van der Waals surface area contributed by atoms with Gasteiger partial charge in [0, 0.05) is 24.8 Å². The average Bonchev–Trinajstić information content (AvgIpc) is 2.48. The molecule has 2 aliphatic rings. The number of anilines is 1. The van der Waals surface area contributed by atoms with Crippen LogP contribution in [0, 0.1) is 5.41 Å². The number of likely N-dealkylation sites (tertiary alicyclic amines) is 1. The summed E-state index contributed by atoms with van der Waals surface area (Å²) in [5.41, 5.74) is 6.77. The van der Waals surface area contributed by atoms with Crippen LogP contribution in [0.25, 0.3) is 0 Å². The van der Waals surface area contributed by atoms with Crippen LogP contribution in [0.2, 0.25) is 0 Å². The maximum Gasteiger partial charge on any atom is 0.254 e. The molecule has 0 unspecified atom stereocenters. The van der Waals surface area contributed by atoms with Crippen LogP contribution in [0.5, 0.6) is 0 Å². The number of hydrogen-bond donors (Lipinski definition) is 2. The number of amides is 1. The molecule has 3 N–H and O–H groups in total. The van der Waals surface area contributed by atoms with E-state index in [1.165, 1.54) is 12.8 Å². The molecule has 0 radical (unpaired) electrons. The van der Waals surface area contributed by atoms with Gasteiger partial charge in [-0.2, -0.15) is 0 Å². The second kappa shape index (κ2) is 5.40. The number of carbonyl (C=O) groups excluding carboxylic acids is 1. The van der Waals surface area contributed by atoms with Gasteiger partial charge in [0.15, 0.2) is 0 Å². The van der Waals surface area contributed by atoms with E-state index in [0.717, 1.165) is 39.0 Å². The molecular weight excluding hydrogens is 252 g/mol. The van der Waals surface area contributed by atoms with Gasteiger partial charge < -0.3 is 16.0 Å². The zero-order valence-electron chi connectivity index (χ0n) is 11.8. The summed E-state index contributed by atoms with van der Waals surface area (Å²) >= 11 is 0. The molecular formula is C15H22N4O. The van der Waals surface area contributed by atoms with Gasteiger partial charge in [0.1, 0.15) is 5.82 Å². The zero-order chi connectivity index (χ0) is 14.0. The fourth-order valence-corrected chi connectivity index (χ4v) is 3.41. The van der Waals surface area contributed by atoms with E-state index in [0.29, 0.717) is 16.8 Å². The quantitative estimate of drug-likeness (QED) is 0.809. The lowest BCUT2D eigenvalue weighted by Crippen LogP contribution is -2.47. The van der Waals surface area contributed by atoms with Crippen molar-refractivity contribution in [1.82, 2.24) is 15.2 Å². The van der Waals surface area contributed by atoms with Gasteiger partial charge in [0.25, 0.3) is 5.91 Å². The highest BCUT2D eigenvalue weighted by Gasteiger charge is 2.36. The van der Waals surface area contributed by atoms with Crippen LogP contribution in [0.4, 0.5) is 5.82 Å². The Bertz CT molecular complexity index is 486. The first-order valence-corrected chi connectivity index (χ1v) is 7.40. The van der Waals surface area contributed by atoms with Crippen molar-refractivity contribution in [3.8, 4) is 0 Å². The molecule has 5 nitrogen and oxygen atoms in total. The van der Waals surface area contributed by atoms with Gasteiger partial charge in [0.2, 0.25) is 0 Å². The predicted molar refractivity (Wildman–Crippen MR) is 78.3 cm³/mol. The molecule has 2 aliphatic heterocycles. The molecule has 1 spiro atoms. The highest BCUT2D eigenvalue weighted by Crippen LogP contribution is 2.39. The second-order valence-corrected chi connectivity index (χ2v) is 6.01. The van der Waals surface area contributed by atoms with Gasteiger partial charge in [-0.25, -0.2) is 4.98 Å². The Hall–Kier alpha value is -1.62. The number of carbonyl (C=O) groups is 1. The first-order valence-electron chi connectivity index (χ1n) is 7.40. The Kier molecular flexibility index (Phi) is 3.61. The predicted octanol–water partition coefficient (Wildman–Crippen LogP) is 1.27. The summed E-state index contributed by atoms with van der Waals surface area (Å²) in [5, 5.41) is 3.42. The van der Waals surface area contributed by atoms with Crippen molar-refractivity contribution in [1.29, 1.82) is 0 Å². The Morgan fingerprint density at radius 2 is 1.95 bits per heavy atom. The molecule has 3 rings (SSSR count). The maximum absolute atomic E-state index is 12.5. The van der Waals surface area contributed by atoms with Crippen LogP contribution in [0.1, 0.15) is 36.0 Å². The van der Waals surface area contributed by atoms with Crippen molar-refractivity contribution in [3.05, 3.63) is 23.9 Å². The van der Waals surface area contributed by atoms with Crippen molar-refractivity contribution in [2.24, 2.45) is 5.41 Å². The standard InChI is InChI=1S/C15H22N4O/c16-13-11-12(1-6-18-13)14(20)19-9-4-15(5-10-19)2-7-17-8-3-15/h1,6,11,17H,2-5,7-10H2,(H2,16,18). The molecule has 3 heterocycles. The summed E-state index contributed by atoms with van der Waals surface area (Å²) in [6.45, 7) is 3.96. The van der Waals surface area contributed by atoms with E-state index in [-0.39, 0.29) is 5.91 Å².